The van der Waals surface area contributed by atoms with E-state index in [9.17, 15) is 47.9 Å². The number of primary amides is 1. The molecule has 5 heterocycles. The van der Waals surface area contributed by atoms with Crippen molar-refractivity contribution in [2.75, 3.05) is 166 Å². The van der Waals surface area contributed by atoms with Crippen LogP contribution in [0.2, 0.25) is 0 Å². The predicted octanol–water partition coefficient (Wildman–Crippen LogP) is 8.18. The number of imide groups is 1. The van der Waals surface area contributed by atoms with Crippen molar-refractivity contribution >= 4 is 164 Å². The van der Waals surface area contributed by atoms with E-state index in [1.807, 2.05) is 26.1 Å². The summed E-state index contributed by atoms with van der Waals surface area (Å²) < 4.78 is 63.0. The number of amides is 8. The zero-order valence-electron chi connectivity index (χ0n) is 64.4. The molecule has 3 aliphatic carbocycles. The minimum Gasteiger partial charge on any atom is -0.466 e. The number of ketones is 1. The van der Waals surface area contributed by atoms with Gasteiger partial charge < -0.3 is 93.7 Å². The monoisotopic (exact) mass is 1680 g/mol. The summed E-state index contributed by atoms with van der Waals surface area (Å²) in [5.74, 6) is -2.89. The molecule has 0 spiro atoms. The maximum atomic E-state index is 15.0. The Labute approximate surface area is 680 Å². The molecule has 11 rings (SSSR count). The van der Waals surface area contributed by atoms with E-state index < -0.39 is 48.5 Å². The van der Waals surface area contributed by atoms with Crippen molar-refractivity contribution in [3.63, 3.8) is 0 Å². The summed E-state index contributed by atoms with van der Waals surface area (Å²) in [6, 6.07) is 8.68. The third-order valence-corrected chi connectivity index (χ3v) is 23.6. The second kappa shape index (κ2) is 39.9. The lowest BCUT2D eigenvalue weighted by molar-refractivity contribution is -0.205. The number of likely N-dealkylation sites (N-methyl/N-ethyl adjacent to an activating group) is 2. The van der Waals surface area contributed by atoms with Crippen LogP contribution >= 0.6 is 67.2 Å². The molecule has 3 saturated carbocycles. The van der Waals surface area contributed by atoms with Gasteiger partial charge in [0, 0.05) is 136 Å². The summed E-state index contributed by atoms with van der Waals surface area (Å²) in [5, 5.41) is 10.2. The Morgan fingerprint density at radius 3 is 1.72 bits per heavy atom. The van der Waals surface area contributed by atoms with Crippen molar-refractivity contribution in [1.29, 1.82) is 0 Å². The fourth-order valence-corrected chi connectivity index (χ4v) is 16.8. The van der Waals surface area contributed by atoms with Gasteiger partial charge in [0.1, 0.15) is 6.61 Å². The molecule has 4 atom stereocenters. The number of halogens is 2. The van der Waals surface area contributed by atoms with Crippen LogP contribution in [0.4, 0.5) is 21.9 Å². The van der Waals surface area contributed by atoms with Crippen LogP contribution in [-0.2, 0) is 77.9 Å². The van der Waals surface area contributed by atoms with Gasteiger partial charge in [0.15, 0.2) is 17.3 Å². The van der Waals surface area contributed by atoms with Gasteiger partial charge >= 0.3 is 13.9 Å². The van der Waals surface area contributed by atoms with E-state index >= 15 is 4.79 Å². The second-order valence-electron chi connectivity index (χ2n) is 29.2. The van der Waals surface area contributed by atoms with Crippen LogP contribution in [0.1, 0.15) is 98.4 Å². The molecule has 616 valence electrons. The van der Waals surface area contributed by atoms with Crippen LogP contribution in [0.25, 0.3) is 21.8 Å². The van der Waals surface area contributed by atoms with Crippen LogP contribution in [0.3, 0.4) is 0 Å². The van der Waals surface area contributed by atoms with Crippen LogP contribution < -0.4 is 40.7 Å². The summed E-state index contributed by atoms with van der Waals surface area (Å²) >= 11 is 26.1. The average molecular weight is 1690 g/mol. The first-order valence-electron chi connectivity index (χ1n) is 37.5. The van der Waals surface area contributed by atoms with E-state index in [4.69, 9.17) is 95.8 Å². The first-order chi connectivity index (χ1) is 54.0. The highest BCUT2D eigenvalue weighted by atomic mass is 35.5. The lowest BCUT2D eigenvalue weighted by atomic mass is 9.34. The number of nitrogens with two attached hydrogens (primary N) is 1. The van der Waals surface area contributed by atoms with Crippen molar-refractivity contribution in [2.45, 2.75) is 97.1 Å². The van der Waals surface area contributed by atoms with E-state index in [1.165, 1.54) is 23.9 Å². The van der Waals surface area contributed by atoms with E-state index in [0.717, 1.165) is 38.1 Å². The van der Waals surface area contributed by atoms with Gasteiger partial charge in [-0.15, -0.1) is 35.0 Å². The number of fused-ring (bicyclic) bond motifs is 6. The van der Waals surface area contributed by atoms with Gasteiger partial charge in [0.25, 0.3) is 22.2 Å². The smallest absolute Gasteiger partial charge is 0.466 e. The van der Waals surface area contributed by atoms with E-state index in [1.54, 1.807) is 84.3 Å². The molecule has 6 aliphatic rings. The molecule has 3 aliphatic heterocycles. The third-order valence-electron chi connectivity index (χ3n) is 20.8. The number of H-pyrrole nitrogens is 2. The second-order valence-corrected chi connectivity index (χ2v) is 32.6. The molecule has 2 bridgehead atoms. The maximum Gasteiger partial charge on any atom is 0.524 e. The number of carbonyl (C=O) groups excluding carboxylic acids is 8. The highest BCUT2D eigenvalue weighted by Gasteiger charge is 2.76. The molecule has 37 heteroatoms. The molecule has 2 aromatic heterocycles. The minimum absolute atomic E-state index is 0.0139. The number of aromatic amines is 2. The number of thiocarbonyl (C=S) groups is 2. The molecule has 8 amide bonds. The van der Waals surface area contributed by atoms with Crippen molar-refractivity contribution in [3.8, 4) is 11.5 Å². The Bertz CT molecular complexity index is 4390. The lowest BCUT2D eigenvalue weighted by Crippen LogP contribution is -2.73. The van der Waals surface area contributed by atoms with Gasteiger partial charge in [-0.1, -0.05) is 26.0 Å². The number of phosphoric ester groups is 1. The number of nitrogens with one attached hydrogen (secondary N) is 5. The standard InChI is InChI=1S/C76H100Cl2N11O20PS3/c1-45(2)65(84-59(91)14-19-101-21-23-103-25-27-105-29-30-106-28-26-104-24-22-102-20-18-87-60(92)34-58(113-7)69(87)94)55(90)31-49(9-8-15-80-72(79)97)68(93)83-52-12-10-48(11-13-52)41-107-73(111)85(5)16-17-86(6)74(112)108-56-32-53-63(61-46(3)37-81-66(56)61)50(35-77)39-88(53)70(95)75-42-76(43-75,44-75)71(96)89-40-51(36-78)64-54(89)33-57(109-110(98,99)100)67-62(64)47(4)38-82-67/h10-13,32-34,37-38,45,49-51,65,81-82H,8-9,14-31,35-36,39-44H2,1-7H3,(H,83,93)(H,84,91)(H3,79,80,97)(H2,98,99,100). The van der Waals surface area contributed by atoms with Gasteiger partial charge in [-0.05, 0) is 123 Å². The van der Waals surface area contributed by atoms with Crippen molar-refractivity contribution in [1.82, 2.24) is 35.3 Å². The Morgan fingerprint density at radius 1 is 0.735 bits per heavy atom. The summed E-state index contributed by atoms with van der Waals surface area (Å²) in [5.41, 5.74) is 10.6. The van der Waals surface area contributed by atoms with Crippen molar-refractivity contribution in [2.24, 2.45) is 28.4 Å². The number of thioether (sulfide) groups is 1. The van der Waals surface area contributed by atoms with Gasteiger partial charge in [-0.2, -0.15) is 0 Å². The van der Waals surface area contributed by atoms with E-state index in [0.29, 0.717) is 142 Å². The minimum atomic E-state index is -4.98. The molecule has 31 nitrogen and oxygen atoms in total. The fraction of sp³-hybridized carbons (Fsp3) is 0.553. The summed E-state index contributed by atoms with van der Waals surface area (Å²) in [7, 11) is -1.40. The van der Waals surface area contributed by atoms with Crippen molar-refractivity contribution in [3.05, 3.63) is 87.6 Å². The molecule has 0 saturated heterocycles. The molecule has 113 heavy (non-hydrogen) atoms. The Hall–Kier alpha value is -7.54. The number of benzene rings is 3. The molecule has 0 radical (unpaired) electrons. The van der Waals surface area contributed by atoms with Crippen LogP contribution in [0.5, 0.6) is 11.5 Å². The number of aromatic nitrogens is 2. The molecule has 9 N–H and O–H groups in total. The van der Waals surface area contributed by atoms with Crippen LogP contribution in [0, 0.1) is 36.5 Å². The highest BCUT2D eigenvalue weighted by Crippen LogP contribution is 2.75. The van der Waals surface area contributed by atoms with Gasteiger partial charge in [-0.3, -0.25) is 48.2 Å². The number of hydrogen-bond donors (Lipinski definition) is 8. The number of urea groups is 1. The summed E-state index contributed by atoms with van der Waals surface area (Å²) in [6.07, 6.45) is 8.02. The number of ether oxygens (including phenoxy) is 8. The normalized spacial score (nSPS) is 18.7. The molecular formula is C76H100Cl2N11O20PS3. The topological polar surface area (TPSA) is 387 Å². The number of anilines is 3. The van der Waals surface area contributed by atoms with Crippen molar-refractivity contribution < 1.29 is 95.1 Å². The number of hydrogen-bond acceptors (Lipinski definition) is 21. The maximum absolute atomic E-state index is 15.0. The Morgan fingerprint density at radius 2 is 1.23 bits per heavy atom. The Balaban J connectivity index is 0.623. The highest BCUT2D eigenvalue weighted by molar-refractivity contribution is 8.03. The number of nitrogens with zero attached hydrogens (tertiary/aromatic N) is 5. The average Bonchev–Trinajstić information content (AvgIpc) is 1.57. The third kappa shape index (κ3) is 21.6. The molecule has 3 fully saturated rings. The SMILES string of the molecule is CSC1=CC(=O)N(CCOCCOCCOCCOCCOCCOCCC(=O)NC(C(=O)CC(CCCNC(N)=O)C(=O)Nc2ccc(COC(=S)N(C)CCN(C)C(=S)Oc3cc4c(c5c(C)c[nH]c35)C(CCl)CN4C(=O)C34CC(C(=O)N5CC(CCl)c6c5cc(OP(=O)(O)O)c5[nH]cc(C)c65)(C3)C4)cc2)C(C)C)C1=O. The quantitative estimate of drug-likeness (QED) is 0.00598. The first-order valence-corrected chi connectivity index (χ1v) is 42.1. The zero-order valence-corrected chi connectivity index (χ0v) is 69.2. The first kappa shape index (κ1) is 87.8. The molecular weight excluding hydrogens is 1580 g/mol. The number of phosphoric acid groups is 1. The van der Waals surface area contributed by atoms with E-state index in [-0.39, 0.29) is 147 Å². The largest absolute Gasteiger partial charge is 0.524 e. The van der Waals surface area contributed by atoms with Crippen LogP contribution in [0.15, 0.2) is 59.8 Å². The van der Waals surface area contributed by atoms with Gasteiger partial charge in [-0.25, -0.2) is 9.36 Å². The fourth-order valence-electron chi connectivity index (χ4n) is 15.1. The number of aryl methyl sites for hydroxylation is 2. The number of rotatable bonds is 45. The molecule has 5 aromatic rings. The number of alkyl halides is 2. The number of carbonyl (C=O) groups is 8. The zero-order chi connectivity index (χ0) is 81.5. The molecule has 4 unspecified atom stereocenters. The Kier molecular flexibility index (Phi) is 31.0. The van der Waals surface area contributed by atoms with Gasteiger partial charge in [0.2, 0.25) is 23.6 Å². The number of Topliss-reactive ketones (excluding diaryl/α,β-unsaturated/α-hetero) is 1. The summed E-state index contributed by atoms with van der Waals surface area (Å²) in [4.78, 5) is 141. The van der Waals surface area contributed by atoms with E-state index in [2.05, 4.69) is 25.9 Å². The summed E-state index contributed by atoms with van der Waals surface area (Å²) in [6.45, 7) is 12.8. The van der Waals surface area contributed by atoms with Gasteiger partial charge in [0.05, 0.1) is 130 Å². The van der Waals surface area contributed by atoms with Crippen LogP contribution in [-0.4, -0.2) is 249 Å². The molecule has 3 aromatic carbocycles. The lowest BCUT2D eigenvalue weighted by Gasteiger charge is -2.69. The predicted molar refractivity (Wildman–Crippen MR) is 435 cm³/mol.